The molecule has 0 bridgehead atoms. The van der Waals surface area contributed by atoms with E-state index in [4.69, 9.17) is 11.6 Å². The summed E-state index contributed by atoms with van der Waals surface area (Å²) in [6.07, 6.45) is 0. The third-order valence-electron chi connectivity index (χ3n) is 3.80. The van der Waals surface area contributed by atoms with Gasteiger partial charge in [-0.05, 0) is 39.3 Å². The van der Waals surface area contributed by atoms with Crippen LogP contribution in [0, 0.1) is 5.82 Å². The summed E-state index contributed by atoms with van der Waals surface area (Å²) in [5.74, 6) is -1.02. The second kappa shape index (κ2) is 4.98. The van der Waals surface area contributed by atoms with Gasteiger partial charge in [0.2, 0.25) is 11.8 Å². The second-order valence-corrected chi connectivity index (χ2v) is 6.62. The number of carbonyl (C=O) groups excluding carboxylic acids is 2. The Labute approximate surface area is 128 Å². The number of carbonyl (C=O) groups is 2. The van der Waals surface area contributed by atoms with Gasteiger partial charge < -0.3 is 10.2 Å². The molecule has 21 heavy (non-hydrogen) atoms. The standard InChI is InChI=1S/C15H18ClFN2O2/c1-14(2)13(21)19(15(3,4)12(20)18-14)8-9-6-5-7-10(17)11(9)16/h5-7H,8H2,1-4H3,(H,18,20). The van der Waals surface area contributed by atoms with Gasteiger partial charge in [-0.2, -0.15) is 0 Å². The lowest BCUT2D eigenvalue weighted by atomic mass is 9.89. The molecule has 114 valence electrons. The van der Waals surface area contributed by atoms with Crippen molar-refractivity contribution in [2.45, 2.75) is 45.3 Å². The molecule has 0 aromatic heterocycles. The fourth-order valence-electron chi connectivity index (χ4n) is 2.31. The van der Waals surface area contributed by atoms with E-state index < -0.39 is 16.9 Å². The van der Waals surface area contributed by atoms with E-state index in [1.54, 1.807) is 33.8 Å². The number of hydrogen-bond donors (Lipinski definition) is 1. The zero-order chi connectivity index (χ0) is 16.0. The number of rotatable bonds is 2. The molecule has 1 fully saturated rings. The minimum absolute atomic E-state index is 0.0233. The molecule has 1 saturated heterocycles. The van der Waals surface area contributed by atoms with Crippen LogP contribution in [0.15, 0.2) is 18.2 Å². The number of hydrogen-bond acceptors (Lipinski definition) is 2. The molecular weight excluding hydrogens is 295 g/mol. The predicted octanol–water partition coefficient (Wildman–Crippen LogP) is 2.49. The lowest BCUT2D eigenvalue weighted by Gasteiger charge is -2.47. The molecule has 0 spiro atoms. The van der Waals surface area contributed by atoms with Crippen LogP contribution < -0.4 is 5.32 Å². The molecule has 0 radical (unpaired) electrons. The number of halogens is 2. The van der Waals surface area contributed by atoms with Gasteiger partial charge in [-0.1, -0.05) is 23.7 Å². The van der Waals surface area contributed by atoms with Gasteiger partial charge in [-0.25, -0.2) is 4.39 Å². The Balaban J connectivity index is 2.42. The molecule has 0 saturated carbocycles. The topological polar surface area (TPSA) is 49.4 Å². The summed E-state index contributed by atoms with van der Waals surface area (Å²) in [5, 5.41) is 2.68. The first-order chi connectivity index (χ1) is 9.57. The van der Waals surface area contributed by atoms with E-state index in [9.17, 15) is 14.0 Å². The van der Waals surface area contributed by atoms with Crippen LogP contribution in [-0.4, -0.2) is 27.8 Å². The lowest BCUT2D eigenvalue weighted by Crippen LogP contribution is -2.71. The highest BCUT2D eigenvalue weighted by Crippen LogP contribution is 2.30. The fourth-order valence-corrected chi connectivity index (χ4v) is 2.50. The maximum Gasteiger partial charge on any atom is 0.248 e. The number of piperazine rings is 1. The van der Waals surface area contributed by atoms with Crippen molar-refractivity contribution in [2.75, 3.05) is 0 Å². The van der Waals surface area contributed by atoms with Crippen LogP contribution in [0.3, 0.4) is 0 Å². The lowest BCUT2D eigenvalue weighted by molar-refractivity contribution is -0.160. The molecule has 6 heteroatoms. The molecule has 1 aliphatic heterocycles. The Kier molecular flexibility index (Phi) is 3.74. The van der Waals surface area contributed by atoms with Crippen LogP contribution in [0.1, 0.15) is 33.3 Å². The summed E-state index contributed by atoms with van der Waals surface area (Å²) < 4.78 is 13.5. The van der Waals surface area contributed by atoms with Crippen LogP contribution in [0.25, 0.3) is 0 Å². The van der Waals surface area contributed by atoms with E-state index in [1.165, 1.54) is 17.0 Å². The van der Waals surface area contributed by atoms with Gasteiger partial charge in [0.25, 0.3) is 0 Å². The van der Waals surface area contributed by atoms with Crippen molar-refractivity contribution in [3.63, 3.8) is 0 Å². The minimum Gasteiger partial charge on any atom is -0.340 e. The number of amides is 2. The van der Waals surface area contributed by atoms with Crippen molar-refractivity contribution in [1.82, 2.24) is 10.2 Å². The molecule has 0 unspecified atom stereocenters. The largest absolute Gasteiger partial charge is 0.340 e. The molecular formula is C15H18ClFN2O2. The summed E-state index contributed by atoms with van der Waals surface area (Å²) in [7, 11) is 0. The maximum atomic E-state index is 13.5. The highest BCUT2D eigenvalue weighted by Gasteiger charge is 2.50. The van der Waals surface area contributed by atoms with Gasteiger partial charge >= 0.3 is 0 Å². The van der Waals surface area contributed by atoms with Gasteiger partial charge in [0.1, 0.15) is 16.9 Å². The van der Waals surface area contributed by atoms with E-state index in [-0.39, 0.29) is 23.4 Å². The summed E-state index contributed by atoms with van der Waals surface area (Å²) in [6, 6.07) is 4.43. The molecule has 0 atom stereocenters. The summed E-state index contributed by atoms with van der Waals surface area (Å²) in [4.78, 5) is 26.2. The Morgan fingerprint density at radius 2 is 1.86 bits per heavy atom. The first-order valence-corrected chi connectivity index (χ1v) is 7.03. The van der Waals surface area contributed by atoms with Crippen molar-refractivity contribution in [3.05, 3.63) is 34.6 Å². The Bertz CT molecular complexity index is 614. The van der Waals surface area contributed by atoms with E-state index in [0.717, 1.165) is 0 Å². The summed E-state index contributed by atoms with van der Waals surface area (Å²) in [5.41, 5.74) is -1.54. The molecule has 1 N–H and O–H groups in total. The number of nitrogens with one attached hydrogen (secondary N) is 1. The van der Waals surface area contributed by atoms with Gasteiger partial charge in [-0.15, -0.1) is 0 Å². The number of nitrogens with zero attached hydrogens (tertiary/aromatic N) is 1. The number of benzene rings is 1. The molecule has 1 heterocycles. The summed E-state index contributed by atoms with van der Waals surface area (Å²) >= 11 is 5.95. The maximum absolute atomic E-state index is 13.5. The smallest absolute Gasteiger partial charge is 0.248 e. The van der Waals surface area contributed by atoms with E-state index in [0.29, 0.717) is 5.56 Å². The molecule has 4 nitrogen and oxygen atoms in total. The third kappa shape index (κ3) is 2.62. The van der Waals surface area contributed by atoms with Gasteiger partial charge in [0, 0.05) is 6.54 Å². The van der Waals surface area contributed by atoms with Gasteiger partial charge in [-0.3, -0.25) is 9.59 Å². The zero-order valence-corrected chi connectivity index (χ0v) is 13.2. The quantitative estimate of drug-likeness (QED) is 0.912. The molecule has 1 aliphatic rings. The van der Waals surface area contributed by atoms with Gasteiger partial charge in [0.15, 0.2) is 0 Å². The van der Waals surface area contributed by atoms with E-state index in [2.05, 4.69) is 5.32 Å². The highest BCUT2D eigenvalue weighted by atomic mass is 35.5. The summed E-state index contributed by atoms with van der Waals surface area (Å²) in [6.45, 7) is 6.68. The van der Waals surface area contributed by atoms with Crippen LogP contribution in [0.5, 0.6) is 0 Å². The molecule has 2 amide bonds. The van der Waals surface area contributed by atoms with Crippen LogP contribution >= 0.6 is 11.6 Å². The van der Waals surface area contributed by atoms with Crippen molar-refractivity contribution >= 4 is 23.4 Å². The average molecular weight is 313 g/mol. The van der Waals surface area contributed by atoms with Gasteiger partial charge in [0.05, 0.1) is 5.02 Å². The first kappa shape index (κ1) is 15.8. The van der Waals surface area contributed by atoms with Crippen LogP contribution in [-0.2, 0) is 16.1 Å². The SMILES string of the molecule is CC1(C)NC(=O)C(C)(C)N(Cc2cccc(F)c2Cl)C1=O. The monoisotopic (exact) mass is 312 g/mol. The minimum atomic E-state index is -1.03. The first-order valence-electron chi connectivity index (χ1n) is 6.65. The molecule has 1 aromatic rings. The van der Waals surface area contributed by atoms with E-state index in [1.807, 2.05) is 0 Å². The van der Waals surface area contributed by atoms with Crippen molar-refractivity contribution in [3.8, 4) is 0 Å². The Hall–Kier alpha value is -1.62. The average Bonchev–Trinajstić information content (AvgIpc) is 2.37. The second-order valence-electron chi connectivity index (χ2n) is 6.24. The zero-order valence-electron chi connectivity index (χ0n) is 12.5. The molecule has 2 rings (SSSR count). The predicted molar refractivity (Wildman–Crippen MR) is 78.3 cm³/mol. The Morgan fingerprint density at radius 1 is 1.24 bits per heavy atom. The van der Waals surface area contributed by atoms with Crippen LogP contribution in [0.4, 0.5) is 4.39 Å². The van der Waals surface area contributed by atoms with Crippen LogP contribution in [0.2, 0.25) is 5.02 Å². The molecule has 1 aromatic carbocycles. The Morgan fingerprint density at radius 3 is 2.48 bits per heavy atom. The normalized spacial score (nSPS) is 20.4. The fraction of sp³-hybridized carbons (Fsp3) is 0.467. The van der Waals surface area contributed by atoms with Crippen molar-refractivity contribution in [2.24, 2.45) is 0 Å². The highest BCUT2D eigenvalue weighted by molar-refractivity contribution is 6.31. The van der Waals surface area contributed by atoms with E-state index >= 15 is 0 Å². The molecule has 0 aliphatic carbocycles. The third-order valence-corrected chi connectivity index (χ3v) is 4.22. The van der Waals surface area contributed by atoms with Crippen molar-refractivity contribution < 1.29 is 14.0 Å². The van der Waals surface area contributed by atoms with Crippen molar-refractivity contribution in [1.29, 1.82) is 0 Å².